The van der Waals surface area contributed by atoms with Crippen LogP contribution in [0.1, 0.15) is 52.4 Å². The minimum atomic E-state index is 0.00326. The van der Waals surface area contributed by atoms with Crippen LogP contribution in [0.4, 0.5) is 0 Å². The number of halogens is 1. The molecule has 3 nitrogen and oxygen atoms in total. The SMILES string of the molecule is CC(C1CC1)n1c(Cl)nnc1C(C)(C)C. The Balaban J connectivity index is 2.39. The van der Waals surface area contributed by atoms with Gasteiger partial charge in [-0.2, -0.15) is 0 Å². The van der Waals surface area contributed by atoms with Gasteiger partial charge in [-0.05, 0) is 37.3 Å². The standard InChI is InChI=1S/C11H18ClN3/c1-7(8-5-6-8)15-9(11(2,3)4)13-14-10(15)12/h7-8H,5-6H2,1-4H3. The Kier molecular flexibility index (Phi) is 2.53. The lowest BCUT2D eigenvalue weighted by molar-refractivity contribution is 0.421. The van der Waals surface area contributed by atoms with Gasteiger partial charge < -0.3 is 0 Å². The molecule has 84 valence electrons. The maximum atomic E-state index is 6.11. The van der Waals surface area contributed by atoms with Crippen LogP contribution in [0.5, 0.6) is 0 Å². The van der Waals surface area contributed by atoms with E-state index in [1.165, 1.54) is 12.8 Å². The Morgan fingerprint density at radius 2 is 1.93 bits per heavy atom. The number of nitrogens with zero attached hydrogens (tertiary/aromatic N) is 3. The minimum Gasteiger partial charge on any atom is -0.298 e. The van der Waals surface area contributed by atoms with Crippen molar-refractivity contribution in [2.75, 3.05) is 0 Å². The van der Waals surface area contributed by atoms with Crippen LogP contribution in [0.15, 0.2) is 0 Å². The molecule has 1 fully saturated rings. The van der Waals surface area contributed by atoms with Crippen LogP contribution in [-0.4, -0.2) is 14.8 Å². The van der Waals surface area contributed by atoms with E-state index in [1.807, 2.05) is 0 Å². The largest absolute Gasteiger partial charge is 0.298 e. The van der Waals surface area contributed by atoms with Crippen LogP contribution >= 0.6 is 11.6 Å². The molecule has 1 aliphatic carbocycles. The molecule has 1 aliphatic rings. The van der Waals surface area contributed by atoms with Gasteiger partial charge in [-0.3, -0.25) is 4.57 Å². The lowest BCUT2D eigenvalue weighted by Crippen LogP contribution is -2.22. The van der Waals surface area contributed by atoms with Gasteiger partial charge >= 0.3 is 0 Å². The van der Waals surface area contributed by atoms with Crippen LogP contribution < -0.4 is 0 Å². The zero-order chi connectivity index (χ0) is 11.2. The monoisotopic (exact) mass is 227 g/mol. The summed E-state index contributed by atoms with van der Waals surface area (Å²) in [7, 11) is 0. The summed E-state index contributed by atoms with van der Waals surface area (Å²) in [5.41, 5.74) is 0.00326. The normalized spacial score (nSPS) is 19.3. The van der Waals surface area contributed by atoms with Crippen LogP contribution in [0.3, 0.4) is 0 Å². The van der Waals surface area contributed by atoms with Gasteiger partial charge in [-0.15, -0.1) is 10.2 Å². The second-order valence-corrected chi connectivity index (χ2v) is 5.83. The van der Waals surface area contributed by atoms with E-state index >= 15 is 0 Å². The van der Waals surface area contributed by atoms with Crippen molar-refractivity contribution < 1.29 is 0 Å². The smallest absolute Gasteiger partial charge is 0.225 e. The van der Waals surface area contributed by atoms with E-state index in [4.69, 9.17) is 11.6 Å². The van der Waals surface area contributed by atoms with E-state index in [-0.39, 0.29) is 5.41 Å². The van der Waals surface area contributed by atoms with E-state index in [0.29, 0.717) is 11.3 Å². The molecule has 0 bridgehead atoms. The fourth-order valence-corrected chi connectivity index (χ4v) is 2.21. The lowest BCUT2D eigenvalue weighted by Gasteiger charge is -2.23. The first-order chi connectivity index (χ1) is 6.91. The second kappa shape index (κ2) is 3.48. The van der Waals surface area contributed by atoms with E-state index in [9.17, 15) is 0 Å². The summed E-state index contributed by atoms with van der Waals surface area (Å²) in [5, 5.41) is 8.72. The Hall–Kier alpha value is -0.570. The molecule has 0 aliphatic heterocycles. The summed E-state index contributed by atoms with van der Waals surface area (Å²) < 4.78 is 2.10. The number of aromatic nitrogens is 3. The summed E-state index contributed by atoms with van der Waals surface area (Å²) in [6, 6.07) is 0.432. The van der Waals surface area contributed by atoms with Gasteiger partial charge in [0.15, 0.2) is 0 Å². The highest BCUT2D eigenvalue weighted by atomic mass is 35.5. The van der Waals surface area contributed by atoms with E-state index < -0.39 is 0 Å². The topological polar surface area (TPSA) is 30.7 Å². The average molecular weight is 228 g/mol. The van der Waals surface area contributed by atoms with Crippen molar-refractivity contribution in [3.05, 3.63) is 11.1 Å². The molecule has 0 N–H and O–H groups in total. The maximum Gasteiger partial charge on any atom is 0.225 e. The number of hydrogen-bond donors (Lipinski definition) is 0. The third kappa shape index (κ3) is 2.03. The van der Waals surface area contributed by atoms with Crippen molar-refractivity contribution in [1.82, 2.24) is 14.8 Å². The molecule has 0 radical (unpaired) electrons. The summed E-state index contributed by atoms with van der Waals surface area (Å²) >= 11 is 6.11. The molecular formula is C11H18ClN3. The summed E-state index contributed by atoms with van der Waals surface area (Å²) in [6.07, 6.45) is 2.61. The van der Waals surface area contributed by atoms with Crippen molar-refractivity contribution in [3.63, 3.8) is 0 Å². The van der Waals surface area contributed by atoms with Gasteiger partial charge in [0.2, 0.25) is 5.28 Å². The lowest BCUT2D eigenvalue weighted by atomic mass is 9.95. The fourth-order valence-electron chi connectivity index (χ4n) is 1.93. The Morgan fingerprint density at radius 1 is 1.33 bits per heavy atom. The van der Waals surface area contributed by atoms with Crippen molar-refractivity contribution in [2.45, 2.75) is 52.0 Å². The van der Waals surface area contributed by atoms with Gasteiger partial charge in [0.1, 0.15) is 5.82 Å². The molecule has 0 amide bonds. The summed E-state index contributed by atoms with van der Waals surface area (Å²) in [5.74, 6) is 1.76. The highest BCUT2D eigenvalue weighted by molar-refractivity contribution is 6.28. The zero-order valence-corrected chi connectivity index (χ0v) is 10.5. The molecule has 15 heavy (non-hydrogen) atoms. The number of rotatable bonds is 2. The maximum absolute atomic E-state index is 6.11. The molecule has 1 aromatic rings. The third-order valence-corrected chi connectivity index (χ3v) is 3.29. The molecular weight excluding hydrogens is 210 g/mol. The van der Waals surface area contributed by atoms with Crippen molar-refractivity contribution in [1.29, 1.82) is 0 Å². The fraction of sp³-hybridized carbons (Fsp3) is 0.818. The van der Waals surface area contributed by atoms with Crippen LogP contribution in [-0.2, 0) is 5.41 Å². The molecule has 0 aromatic carbocycles. The highest BCUT2D eigenvalue weighted by Gasteiger charge is 2.34. The minimum absolute atomic E-state index is 0.00326. The third-order valence-electron chi connectivity index (χ3n) is 3.04. The average Bonchev–Trinajstić information content (AvgIpc) is 2.86. The molecule has 2 rings (SSSR count). The quantitative estimate of drug-likeness (QED) is 0.777. The zero-order valence-electron chi connectivity index (χ0n) is 9.79. The predicted molar refractivity (Wildman–Crippen MR) is 61.2 cm³/mol. The molecule has 0 saturated heterocycles. The van der Waals surface area contributed by atoms with Crippen LogP contribution in [0.25, 0.3) is 0 Å². The Bertz CT molecular complexity index is 360. The van der Waals surface area contributed by atoms with Gasteiger partial charge in [0, 0.05) is 11.5 Å². The van der Waals surface area contributed by atoms with E-state index in [0.717, 1.165) is 11.7 Å². The highest BCUT2D eigenvalue weighted by Crippen LogP contribution is 2.42. The second-order valence-electron chi connectivity index (χ2n) is 5.49. The molecule has 1 saturated carbocycles. The number of hydrogen-bond acceptors (Lipinski definition) is 2. The molecule has 0 spiro atoms. The summed E-state index contributed by atoms with van der Waals surface area (Å²) in [6.45, 7) is 8.64. The van der Waals surface area contributed by atoms with Gasteiger partial charge in [-0.25, -0.2) is 0 Å². The first kappa shape index (κ1) is 10.9. The van der Waals surface area contributed by atoms with E-state index in [2.05, 4.69) is 42.5 Å². The van der Waals surface area contributed by atoms with Crippen LogP contribution in [0, 0.1) is 5.92 Å². The molecule has 1 unspecified atom stereocenters. The van der Waals surface area contributed by atoms with Crippen LogP contribution in [0.2, 0.25) is 5.28 Å². The predicted octanol–water partition coefficient (Wildman–Crippen LogP) is 3.20. The van der Waals surface area contributed by atoms with Gasteiger partial charge in [-0.1, -0.05) is 20.8 Å². The van der Waals surface area contributed by atoms with Gasteiger partial charge in [0.25, 0.3) is 0 Å². The molecule has 1 aromatic heterocycles. The molecule has 1 atom stereocenters. The van der Waals surface area contributed by atoms with Crippen molar-refractivity contribution in [3.8, 4) is 0 Å². The van der Waals surface area contributed by atoms with Crippen molar-refractivity contribution >= 4 is 11.6 Å². The van der Waals surface area contributed by atoms with Crippen molar-refractivity contribution in [2.24, 2.45) is 5.92 Å². The Morgan fingerprint density at radius 3 is 2.40 bits per heavy atom. The molecule has 1 heterocycles. The van der Waals surface area contributed by atoms with E-state index in [1.54, 1.807) is 0 Å². The summed E-state index contributed by atoms with van der Waals surface area (Å²) in [4.78, 5) is 0. The first-order valence-electron chi connectivity index (χ1n) is 5.52. The van der Waals surface area contributed by atoms with Gasteiger partial charge in [0.05, 0.1) is 0 Å². The Labute approximate surface area is 95.8 Å². The molecule has 4 heteroatoms. The first-order valence-corrected chi connectivity index (χ1v) is 5.90.